The molecule has 1 aromatic carbocycles. The van der Waals surface area contributed by atoms with Crippen molar-refractivity contribution in [3.05, 3.63) is 46.1 Å². The molecule has 3 N–H and O–H groups in total. The molecule has 0 aliphatic rings. The van der Waals surface area contributed by atoms with Gasteiger partial charge in [0.05, 0.1) is 0 Å². The van der Waals surface area contributed by atoms with E-state index in [9.17, 15) is 20.1 Å². The first-order chi connectivity index (χ1) is 12.7. The minimum absolute atomic E-state index is 0.0375. The van der Waals surface area contributed by atoms with Gasteiger partial charge < -0.3 is 15.3 Å². The van der Waals surface area contributed by atoms with Crippen LogP contribution >= 0.6 is 0 Å². The third kappa shape index (κ3) is 7.12. The summed E-state index contributed by atoms with van der Waals surface area (Å²) in [5.41, 5.74) is 3.11. The number of carbonyl (C=O) groups is 1. The van der Waals surface area contributed by atoms with Crippen molar-refractivity contribution in [2.45, 2.75) is 73.1 Å². The van der Waals surface area contributed by atoms with E-state index in [2.05, 4.69) is 33.8 Å². The second-order valence-electron chi connectivity index (χ2n) is 7.73. The van der Waals surface area contributed by atoms with Crippen LogP contribution in [0.1, 0.15) is 81.8 Å². The third-order valence-electron chi connectivity index (χ3n) is 4.77. The number of allylic oxidation sites excluding steroid dienone is 4. The SMILES string of the molecule is CCCC(C)Cc1cc(O)c(CC=C(C)CCC=C(C)C)c(O)c1C(=O)O. The van der Waals surface area contributed by atoms with Gasteiger partial charge in [0.1, 0.15) is 17.1 Å². The van der Waals surface area contributed by atoms with Crippen LogP contribution in [-0.4, -0.2) is 21.3 Å². The Kier molecular flexibility index (Phi) is 9.13. The molecule has 4 heteroatoms. The Morgan fingerprint density at radius 3 is 2.41 bits per heavy atom. The highest BCUT2D eigenvalue weighted by Crippen LogP contribution is 2.36. The summed E-state index contributed by atoms with van der Waals surface area (Å²) in [5.74, 6) is -1.22. The molecule has 0 aliphatic heterocycles. The van der Waals surface area contributed by atoms with E-state index in [0.29, 0.717) is 18.4 Å². The molecule has 150 valence electrons. The van der Waals surface area contributed by atoms with Gasteiger partial charge in [0.15, 0.2) is 0 Å². The number of aromatic hydroxyl groups is 2. The van der Waals surface area contributed by atoms with Crippen LogP contribution in [0.15, 0.2) is 29.4 Å². The third-order valence-corrected chi connectivity index (χ3v) is 4.77. The van der Waals surface area contributed by atoms with Crippen LogP contribution in [0, 0.1) is 5.92 Å². The fraction of sp³-hybridized carbons (Fsp3) is 0.522. The fourth-order valence-electron chi connectivity index (χ4n) is 3.29. The van der Waals surface area contributed by atoms with Crippen molar-refractivity contribution in [3.63, 3.8) is 0 Å². The Morgan fingerprint density at radius 2 is 1.85 bits per heavy atom. The molecule has 1 aromatic rings. The van der Waals surface area contributed by atoms with Gasteiger partial charge in [0.25, 0.3) is 0 Å². The first-order valence-electron chi connectivity index (χ1n) is 9.76. The zero-order valence-corrected chi connectivity index (χ0v) is 17.3. The van der Waals surface area contributed by atoms with Crippen LogP contribution in [-0.2, 0) is 12.8 Å². The number of phenolic OH excluding ortho intramolecular Hbond substituents is 1. The first-order valence-corrected chi connectivity index (χ1v) is 9.76. The van der Waals surface area contributed by atoms with Crippen molar-refractivity contribution in [2.24, 2.45) is 5.92 Å². The van der Waals surface area contributed by atoms with Gasteiger partial charge in [-0.25, -0.2) is 4.79 Å². The van der Waals surface area contributed by atoms with E-state index >= 15 is 0 Å². The Hall–Kier alpha value is -2.23. The summed E-state index contributed by atoms with van der Waals surface area (Å²) in [5, 5.41) is 30.5. The molecule has 0 aliphatic carbocycles. The summed E-state index contributed by atoms with van der Waals surface area (Å²) in [6, 6.07) is 1.51. The number of carboxylic acids is 1. The molecule has 27 heavy (non-hydrogen) atoms. The monoisotopic (exact) mass is 374 g/mol. The molecule has 0 bridgehead atoms. The average molecular weight is 375 g/mol. The van der Waals surface area contributed by atoms with Crippen LogP contribution in [0.5, 0.6) is 11.5 Å². The lowest BCUT2D eigenvalue weighted by atomic mass is 9.90. The van der Waals surface area contributed by atoms with Gasteiger partial charge in [-0.15, -0.1) is 0 Å². The zero-order valence-electron chi connectivity index (χ0n) is 17.3. The maximum Gasteiger partial charge on any atom is 0.339 e. The smallest absolute Gasteiger partial charge is 0.339 e. The molecule has 0 radical (unpaired) electrons. The topological polar surface area (TPSA) is 77.8 Å². The first kappa shape index (κ1) is 22.8. The van der Waals surface area contributed by atoms with Crippen molar-refractivity contribution < 1.29 is 20.1 Å². The van der Waals surface area contributed by atoms with Gasteiger partial charge in [-0.05, 0) is 64.0 Å². The molecule has 1 rings (SSSR count). The van der Waals surface area contributed by atoms with E-state index in [4.69, 9.17) is 0 Å². The molecule has 0 saturated carbocycles. The summed E-state index contributed by atoms with van der Waals surface area (Å²) in [7, 11) is 0. The Morgan fingerprint density at radius 1 is 1.19 bits per heavy atom. The molecule has 1 unspecified atom stereocenters. The number of hydrogen-bond donors (Lipinski definition) is 3. The van der Waals surface area contributed by atoms with Crippen molar-refractivity contribution in [3.8, 4) is 11.5 Å². The zero-order chi connectivity index (χ0) is 20.6. The van der Waals surface area contributed by atoms with Crippen molar-refractivity contribution in [2.75, 3.05) is 0 Å². The standard InChI is InChI=1S/C23H34O4/c1-6-8-17(5)13-18-14-20(24)19(22(25)21(18)23(26)27)12-11-16(4)10-7-9-15(2)3/h9,11,14,17,24-25H,6-8,10,12-13H2,1-5H3,(H,26,27). The average Bonchev–Trinajstić information content (AvgIpc) is 2.53. The molecular formula is C23H34O4. The van der Waals surface area contributed by atoms with Gasteiger partial charge in [-0.2, -0.15) is 0 Å². The Bertz CT molecular complexity index is 710. The second kappa shape index (κ2) is 10.8. The predicted octanol–water partition coefficient (Wildman–Crippen LogP) is 6.01. The number of aromatic carboxylic acids is 1. The Balaban J connectivity index is 3.10. The highest BCUT2D eigenvalue weighted by molar-refractivity contribution is 5.93. The van der Waals surface area contributed by atoms with Crippen molar-refractivity contribution in [1.29, 1.82) is 0 Å². The lowest BCUT2D eigenvalue weighted by Gasteiger charge is -2.16. The highest BCUT2D eigenvalue weighted by Gasteiger charge is 2.22. The second-order valence-corrected chi connectivity index (χ2v) is 7.73. The maximum absolute atomic E-state index is 11.7. The molecule has 0 fully saturated rings. The van der Waals surface area contributed by atoms with Crippen molar-refractivity contribution >= 4 is 5.97 Å². The van der Waals surface area contributed by atoms with E-state index in [1.165, 1.54) is 11.6 Å². The van der Waals surface area contributed by atoms with Crippen LogP contribution in [0.4, 0.5) is 0 Å². The molecule has 1 atom stereocenters. The van der Waals surface area contributed by atoms with E-state index in [-0.39, 0.29) is 28.5 Å². The molecule has 0 amide bonds. The molecule has 0 heterocycles. The highest BCUT2D eigenvalue weighted by atomic mass is 16.4. The summed E-state index contributed by atoms with van der Waals surface area (Å²) in [6.07, 6.45) is 8.76. The van der Waals surface area contributed by atoms with Crippen molar-refractivity contribution in [1.82, 2.24) is 0 Å². The van der Waals surface area contributed by atoms with E-state index in [1.54, 1.807) is 0 Å². The number of phenols is 2. The molecule has 0 aromatic heterocycles. The van der Waals surface area contributed by atoms with Gasteiger partial charge in [0.2, 0.25) is 0 Å². The predicted molar refractivity (Wildman–Crippen MR) is 111 cm³/mol. The van der Waals surface area contributed by atoms with E-state index in [1.807, 2.05) is 13.0 Å². The van der Waals surface area contributed by atoms with Gasteiger partial charge in [-0.3, -0.25) is 0 Å². The summed E-state index contributed by atoms with van der Waals surface area (Å²) in [6.45, 7) is 10.3. The quantitative estimate of drug-likeness (QED) is 0.438. The van der Waals surface area contributed by atoms with Crippen LogP contribution in [0.25, 0.3) is 0 Å². The van der Waals surface area contributed by atoms with Gasteiger partial charge in [0, 0.05) is 5.56 Å². The number of carboxylic acid groups (broad SMARTS) is 1. The van der Waals surface area contributed by atoms with E-state index in [0.717, 1.165) is 31.3 Å². The lowest BCUT2D eigenvalue weighted by molar-refractivity contribution is 0.0692. The summed E-state index contributed by atoms with van der Waals surface area (Å²) >= 11 is 0. The fourth-order valence-corrected chi connectivity index (χ4v) is 3.29. The number of benzene rings is 1. The molecular weight excluding hydrogens is 340 g/mol. The summed E-state index contributed by atoms with van der Waals surface area (Å²) < 4.78 is 0. The van der Waals surface area contributed by atoms with Crippen LogP contribution in [0.3, 0.4) is 0 Å². The molecule has 0 saturated heterocycles. The minimum atomic E-state index is -1.16. The number of hydrogen-bond acceptors (Lipinski definition) is 3. The molecule has 4 nitrogen and oxygen atoms in total. The van der Waals surface area contributed by atoms with Crippen LogP contribution in [0.2, 0.25) is 0 Å². The number of rotatable bonds is 10. The largest absolute Gasteiger partial charge is 0.508 e. The van der Waals surface area contributed by atoms with Gasteiger partial charge >= 0.3 is 5.97 Å². The van der Waals surface area contributed by atoms with Gasteiger partial charge in [-0.1, -0.05) is 50.0 Å². The molecule has 0 spiro atoms. The maximum atomic E-state index is 11.7. The summed E-state index contributed by atoms with van der Waals surface area (Å²) in [4.78, 5) is 11.7. The minimum Gasteiger partial charge on any atom is -0.508 e. The lowest BCUT2D eigenvalue weighted by Crippen LogP contribution is -2.09. The van der Waals surface area contributed by atoms with E-state index < -0.39 is 5.97 Å². The Labute approximate surface area is 163 Å². The van der Waals surface area contributed by atoms with Crippen LogP contribution < -0.4 is 0 Å². The normalized spacial score (nSPS) is 12.7.